The van der Waals surface area contributed by atoms with Crippen molar-refractivity contribution in [2.75, 3.05) is 21.1 Å². The Hall–Kier alpha value is -0.760. The molecule has 0 N–H and O–H groups in total. The average Bonchev–Trinajstić information content (AvgIpc) is 2.32. The van der Waals surface area contributed by atoms with Gasteiger partial charge in [-0.3, -0.25) is 0 Å². The van der Waals surface area contributed by atoms with Crippen LogP contribution in [-0.2, 0) is 13.0 Å². The summed E-state index contributed by atoms with van der Waals surface area (Å²) >= 11 is 0. The molecule has 0 unspecified atom stereocenters. The molecule has 1 heterocycles. The first-order valence-electron chi connectivity index (χ1n) is 4.39. The highest BCUT2D eigenvalue weighted by molar-refractivity contribution is 5.05. The van der Waals surface area contributed by atoms with E-state index >= 15 is 0 Å². The van der Waals surface area contributed by atoms with Crippen LogP contribution in [0.25, 0.3) is 0 Å². The van der Waals surface area contributed by atoms with Crippen LogP contribution in [0.15, 0.2) is 16.5 Å². The lowest BCUT2D eigenvalue weighted by atomic mass is 10.3. The van der Waals surface area contributed by atoms with Gasteiger partial charge in [-0.15, -0.1) is 0 Å². The van der Waals surface area contributed by atoms with E-state index in [2.05, 4.69) is 40.2 Å². The second kappa shape index (κ2) is 3.31. The van der Waals surface area contributed by atoms with Gasteiger partial charge in [0.25, 0.3) is 0 Å². The molecule has 0 aliphatic heterocycles. The third kappa shape index (κ3) is 2.70. The Morgan fingerprint density at radius 1 is 1.17 bits per heavy atom. The van der Waals surface area contributed by atoms with Gasteiger partial charge in [0.1, 0.15) is 12.3 Å². The number of hydrogen-bond acceptors (Lipinski definition) is 1. The highest BCUT2D eigenvalue weighted by Crippen LogP contribution is 2.11. The normalized spacial score (nSPS) is 12.0. The monoisotopic (exact) mass is 168 g/mol. The van der Waals surface area contributed by atoms with Crippen molar-refractivity contribution in [3.05, 3.63) is 23.7 Å². The van der Waals surface area contributed by atoms with Gasteiger partial charge in [-0.1, -0.05) is 6.92 Å². The fourth-order valence-electron chi connectivity index (χ4n) is 1.16. The Kier molecular flexibility index (Phi) is 2.58. The largest absolute Gasteiger partial charge is 0.460 e. The summed E-state index contributed by atoms with van der Waals surface area (Å²) in [7, 11) is 6.48. The zero-order valence-corrected chi connectivity index (χ0v) is 8.42. The molecule has 0 fully saturated rings. The lowest BCUT2D eigenvalue weighted by molar-refractivity contribution is -0.884. The van der Waals surface area contributed by atoms with Gasteiger partial charge in [0.05, 0.1) is 21.1 Å². The van der Waals surface area contributed by atoms with Crippen LogP contribution in [0.2, 0.25) is 0 Å². The van der Waals surface area contributed by atoms with E-state index in [0.29, 0.717) is 0 Å². The minimum atomic E-state index is 0.913. The molecule has 1 aromatic rings. The molecule has 0 bridgehead atoms. The standard InChI is InChI=1S/C10H18NO/c1-5-9-6-7-10(12-9)8-11(2,3)4/h6-7H,5,8H2,1-4H3/q+1. The van der Waals surface area contributed by atoms with Crippen molar-refractivity contribution in [1.29, 1.82) is 0 Å². The van der Waals surface area contributed by atoms with E-state index in [-0.39, 0.29) is 0 Å². The molecule has 0 saturated heterocycles. The summed E-state index contributed by atoms with van der Waals surface area (Å²) in [6, 6.07) is 4.13. The number of quaternary nitrogens is 1. The predicted octanol–water partition coefficient (Wildman–Crippen LogP) is 2.05. The van der Waals surface area contributed by atoms with Crippen molar-refractivity contribution >= 4 is 0 Å². The quantitative estimate of drug-likeness (QED) is 0.630. The number of rotatable bonds is 3. The summed E-state index contributed by atoms with van der Waals surface area (Å²) in [5.74, 6) is 2.16. The molecule has 0 aromatic carbocycles. The van der Waals surface area contributed by atoms with Crippen LogP contribution in [0.4, 0.5) is 0 Å². The zero-order chi connectivity index (χ0) is 9.19. The van der Waals surface area contributed by atoms with E-state index in [1.807, 2.05) is 0 Å². The van der Waals surface area contributed by atoms with Crippen LogP contribution in [0.1, 0.15) is 18.4 Å². The van der Waals surface area contributed by atoms with Gasteiger partial charge >= 0.3 is 0 Å². The molecule has 1 aromatic heterocycles. The maximum absolute atomic E-state index is 5.59. The first-order valence-corrected chi connectivity index (χ1v) is 4.39. The van der Waals surface area contributed by atoms with Crippen LogP contribution >= 0.6 is 0 Å². The maximum atomic E-state index is 5.59. The third-order valence-electron chi connectivity index (χ3n) is 1.70. The summed E-state index contributed by atoms with van der Waals surface area (Å²) in [5, 5.41) is 0. The molecule has 2 heteroatoms. The molecule has 0 saturated carbocycles. The van der Waals surface area contributed by atoms with Crippen LogP contribution < -0.4 is 0 Å². The van der Waals surface area contributed by atoms with Crippen molar-refractivity contribution in [1.82, 2.24) is 0 Å². The van der Waals surface area contributed by atoms with E-state index in [0.717, 1.165) is 29.0 Å². The van der Waals surface area contributed by atoms with Gasteiger partial charge in [-0.25, -0.2) is 0 Å². The molecular formula is C10H18NO+. The van der Waals surface area contributed by atoms with Gasteiger partial charge in [-0.2, -0.15) is 0 Å². The Bertz CT molecular complexity index is 245. The van der Waals surface area contributed by atoms with Crippen molar-refractivity contribution in [3.8, 4) is 0 Å². The van der Waals surface area contributed by atoms with E-state index in [1.54, 1.807) is 0 Å². The topological polar surface area (TPSA) is 13.1 Å². The van der Waals surface area contributed by atoms with E-state index < -0.39 is 0 Å². The highest BCUT2D eigenvalue weighted by Gasteiger charge is 2.11. The molecule has 0 spiro atoms. The van der Waals surface area contributed by atoms with E-state index in [1.165, 1.54) is 0 Å². The van der Waals surface area contributed by atoms with Gasteiger partial charge in [-0.05, 0) is 12.1 Å². The molecule has 12 heavy (non-hydrogen) atoms. The number of hydrogen-bond donors (Lipinski definition) is 0. The van der Waals surface area contributed by atoms with Gasteiger partial charge in [0, 0.05) is 6.42 Å². The Labute approximate surface area is 74.4 Å². The summed E-state index contributed by atoms with van der Waals surface area (Å²) in [6.45, 7) is 3.06. The van der Waals surface area contributed by atoms with Crippen molar-refractivity contribution in [2.24, 2.45) is 0 Å². The number of nitrogens with zero attached hydrogens (tertiary/aromatic N) is 1. The molecule has 0 atom stereocenters. The Morgan fingerprint density at radius 3 is 2.17 bits per heavy atom. The molecule has 0 radical (unpaired) electrons. The van der Waals surface area contributed by atoms with Crippen LogP contribution in [0, 0.1) is 0 Å². The smallest absolute Gasteiger partial charge is 0.158 e. The SMILES string of the molecule is CCc1ccc(C[N+](C)(C)C)o1. The van der Waals surface area contributed by atoms with Gasteiger partial charge < -0.3 is 8.90 Å². The number of furan rings is 1. The van der Waals surface area contributed by atoms with Crippen LogP contribution in [-0.4, -0.2) is 25.6 Å². The highest BCUT2D eigenvalue weighted by atomic mass is 16.3. The fourth-order valence-corrected chi connectivity index (χ4v) is 1.16. The maximum Gasteiger partial charge on any atom is 0.158 e. The van der Waals surface area contributed by atoms with Crippen molar-refractivity contribution in [2.45, 2.75) is 19.9 Å². The van der Waals surface area contributed by atoms with Crippen molar-refractivity contribution in [3.63, 3.8) is 0 Å². The van der Waals surface area contributed by atoms with Crippen LogP contribution in [0.5, 0.6) is 0 Å². The molecule has 0 aliphatic rings. The van der Waals surface area contributed by atoms with Gasteiger partial charge in [0.2, 0.25) is 0 Å². The van der Waals surface area contributed by atoms with Crippen molar-refractivity contribution < 1.29 is 8.90 Å². The lowest BCUT2D eigenvalue weighted by Crippen LogP contribution is -2.33. The van der Waals surface area contributed by atoms with Crippen LogP contribution in [0.3, 0.4) is 0 Å². The lowest BCUT2D eigenvalue weighted by Gasteiger charge is -2.22. The summed E-state index contributed by atoms with van der Waals surface area (Å²) in [6.07, 6.45) is 0.983. The number of aryl methyl sites for hydroxylation is 1. The zero-order valence-electron chi connectivity index (χ0n) is 8.42. The summed E-state index contributed by atoms with van der Waals surface area (Å²) in [5.41, 5.74) is 0. The molecule has 1 rings (SSSR count). The molecule has 68 valence electrons. The second-order valence-electron chi connectivity index (χ2n) is 4.17. The molecular weight excluding hydrogens is 150 g/mol. The molecule has 0 amide bonds. The first kappa shape index (κ1) is 9.33. The summed E-state index contributed by atoms with van der Waals surface area (Å²) < 4.78 is 6.51. The predicted molar refractivity (Wildman–Crippen MR) is 49.8 cm³/mol. The van der Waals surface area contributed by atoms with E-state index in [9.17, 15) is 0 Å². The average molecular weight is 168 g/mol. The Balaban J connectivity index is 2.64. The van der Waals surface area contributed by atoms with Gasteiger partial charge in [0.15, 0.2) is 5.76 Å². The van der Waals surface area contributed by atoms with E-state index in [4.69, 9.17) is 4.42 Å². The molecule has 2 nitrogen and oxygen atoms in total. The second-order valence-corrected chi connectivity index (χ2v) is 4.17. The Morgan fingerprint density at radius 2 is 1.75 bits per heavy atom. The molecule has 0 aliphatic carbocycles. The third-order valence-corrected chi connectivity index (χ3v) is 1.70. The minimum Gasteiger partial charge on any atom is -0.460 e. The first-order chi connectivity index (χ1) is 5.51. The minimum absolute atomic E-state index is 0.913. The summed E-state index contributed by atoms with van der Waals surface area (Å²) in [4.78, 5) is 0. The fraction of sp³-hybridized carbons (Fsp3) is 0.600.